The van der Waals surface area contributed by atoms with E-state index in [-0.39, 0.29) is 6.61 Å². The molecule has 2 aromatic rings. The summed E-state index contributed by atoms with van der Waals surface area (Å²) in [7, 11) is 0. The summed E-state index contributed by atoms with van der Waals surface area (Å²) in [5.74, 6) is 3.23. The molecule has 2 rings (SSSR count). The second-order valence-corrected chi connectivity index (χ2v) is 4.15. The summed E-state index contributed by atoms with van der Waals surface area (Å²) in [6, 6.07) is 17.2. The van der Waals surface area contributed by atoms with Gasteiger partial charge in [-0.05, 0) is 24.3 Å². The fourth-order valence-electron chi connectivity index (χ4n) is 1.81. The van der Waals surface area contributed by atoms with Gasteiger partial charge in [0.15, 0.2) is 0 Å². The number of nitrogens with one attached hydrogen (secondary N) is 1. The number of hydrogen-bond acceptors (Lipinski definition) is 3. The predicted octanol–water partition coefficient (Wildman–Crippen LogP) is 3.18. The topological polar surface area (TPSA) is 45.0 Å². The number of para-hydroxylation sites is 1. The standard InChI is InChI=1S/C17H14N2O/c1-2-10-20-17-9-4-3-7-15(17)13-19-16-8-5-6-14(11-16)12-18/h1,3-9,11,19H,10,13H2. The number of nitrogens with zero attached hydrogens (tertiary/aromatic N) is 1. The van der Waals surface area contributed by atoms with E-state index in [1.165, 1.54) is 0 Å². The Hall–Kier alpha value is -2.91. The molecule has 0 saturated carbocycles. The Morgan fingerprint density at radius 2 is 2.00 bits per heavy atom. The molecule has 0 amide bonds. The maximum atomic E-state index is 8.87. The largest absolute Gasteiger partial charge is 0.481 e. The van der Waals surface area contributed by atoms with E-state index in [9.17, 15) is 0 Å². The van der Waals surface area contributed by atoms with Crippen molar-refractivity contribution in [2.75, 3.05) is 11.9 Å². The van der Waals surface area contributed by atoms with Gasteiger partial charge in [-0.3, -0.25) is 0 Å². The third kappa shape index (κ3) is 3.54. The highest BCUT2D eigenvalue weighted by atomic mass is 16.5. The first-order valence-electron chi connectivity index (χ1n) is 6.21. The molecule has 0 aliphatic heterocycles. The second-order valence-electron chi connectivity index (χ2n) is 4.15. The first-order chi connectivity index (χ1) is 9.83. The quantitative estimate of drug-likeness (QED) is 0.842. The molecule has 0 bridgehead atoms. The molecular formula is C17H14N2O. The maximum absolute atomic E-state index is 8.87. The van der Waals surface area contributed by atoms with Crippen LogP contribution in [0.4, 0.5) is 5.69 Å². The van der Waals surface area contributed by atoms with Gasteiger partial charge in [-0.1, -0.05) is 30.2 Å². The molecule has 3 nitrogen and oxygen atoms in total. The van der Waals surface area contributed by atoms with Gasteiger partial charge in [0.05, 0.1) is 11.6 Å². The molecular weight excluding hydrogens is 248 g/mol. The van der Waals surface area contributed by atoms with Crippen LogP contribution in [0.25, 0.3) is 0 Å². The predicted molar refractivity (Wildman–Crippen MR) is 79.3 cm³/mol. The minimum absolute atomic E-state index is 0.251. The van der Waals surface area contributed by atoms with Gasteiger partial charge in [-0.15, -0.1) is 6.42 Å². The van der Waals surface area contributed by atoms with E-state index in [0.29, 0.717) is 12.1 Å². The van der Waals surface area contributed by atoms with E-state index < -0.39 is 0 Å². The van der Waals surface area contributed by atoms with Gasteiger partial charge in [0.2, 0.25) is 0 Å². The molecule has 0 atom stereocenters. The van der Waals surface area contributed by atoms with Crippen LogP contribution in [0, 0.1) is 23.7 Å². The molecule has 20 heavy (non-hydrogen) atoms. The number of ether oxygens (including phenoxy) is 1. The summed E-state index contributed by atoms with van der Waals surface area (Å²) >= 11 is 0. The highest BCUT2D eigenvalue weighted by molar-refractivity contribution is 5.50. The Morgan fingerprint density at radius 1 is 1.15 bits per heavy atom. The van der Waals surface area contributed by atoms with E-state index in [4.69, 9.17) is 16.4 Å². The molecule has 98 valence electrons. The third-order valence-corrected chi connectivity index (χ3v) is 2.76. The number of rotatable bonds is 5. The molecule has 3 heteroatoms. The van der Waals surface area contributed by atoms with Crippen molar-refractivity contribution in [3.63, 3.8) is 0 Å². The number of nitriles is 1. The van der Waals surface area contributed by atoms with Gasteiger partial charge in [0.25, 0.3) is 0 Å². The van der Waals surface area contributed by atoms with Crippen LogP contribution in [0.3, 0.4) is 0 Å². The zero-order valence-corrected chi connectivity index (χ0v) is 11.0. The lowest BCUT2D eigenvalue weighted by Gasteiger charge is -2.11. The Morgan fingerprint density at radius 3 is 2.80 bits per heavy atom. The van der Waals surface area contributed by atoms with Gasteiger partial charge < -0.3 is 10.1 Å². The summed E-state index contributed by atoms with van der Waals surface area (Å²) in [6.45, 7) is 0.858. The Labute approximate surface area is 118 Å². The number of terminal acetylenes is 1. The van der Waals surface area contributed by atoms with Crippen molar-refractivity contribution >= 4 is 5.69 Å². The summed E-state index contributed by atoms with van der Waals surface area (Å²) in [5.41, 5.74) is 2.55. The van der Waals surface area contributed by atoms with Gasteiger partial charge in [0, 0.05) is 17.8 Å². The summed E-state index contributed by atoms with van der Waals surface area (Å²) < 4.78 is 5.49. The molecule has 0 radical (unpaired) electrons. The highest BCUT2D eigenvalue weighted by Gasteiger charge is 2.02. The van der Waals surface area contributed by atoms with Crippen LogP contribution in [0.2, 0.25) is 0 Å². The number of benzene rings is 2. The summed E-state index contributed by atoms with van der Waals surface area (Å²) in [6.07, 6.45) is 5.20. The van der Waals surface area contributed by atoms with Crippen molar-refractivity contribution in [2.24, 2.45) is 0 Å². The lowest BCUT2D eigenvalue weighted by molar-refractivity contribution is 0.366. The molecule has 0 aromatic heterocycles. The van der Waals surface area contributed by atoms with Gasteiger partial charge in [-0.2, -0.15) is 5.26 Å². The smallest absolute Gasteiger partial charge is 0.148 e. The molecule has 2 aromatic carbocycles. The third-order valence-electron chi connectivity index (χ3n) is 2.76. The second kappa shape index (κ2) is 6.87. The van der Waals surface area contributed by atoms with E-state index in [1.807, 2.05) is 42.5 Å². The molecule has 1 N–H and O–H groups in total. The van der Waals surface area contributed by atoms with Crippen LogP contribution in [0.15, 0.2) is 48.5 Å². The molecule has 0 spiro atoms. The minimum atomic E-state index is 0.251. The van der Waals surface area contributed by atoms with Crippen LogP contribution in [-0.2, 0) is 6.54 Å². The monoisotopic (exact) mass is 262 g/mol. The fraction of sp³-hybridized carbons (Fsp3) is 0.118. The van der Waals surface area contributed by atoms with Gasteiger partial charge >= 0.3 is 0 Å². The average molecular weight is 262 g/mol. The minimum Gasteiger partial charge on any atom is -0.481 e. The average Bonchev–Trinajstić information content (AvgIpc) is 2.52. The van der Waals surface area contributed by atoms with Gasteiger partial charge in [-0.25, -0.2) is 0 Å². The van der Waals surface area contributed by atoms with Crippen molar-refractivity contribution in [1.29, 1.82) is 5.26 Å². The first kappa shape index (κ1) is 13.5. The van der Waals surface area contributed by atoms with Crippen LogP contribution < -0.4 is 10.1 Å². The highest BCUT2D eigenvalue weighted by Crippen LogP contribution is 2.19. The van der Waals surface area contributed by atoms with Crippen molar-refractivity contribution in [3.05, 3.63) is 59.7 Å². The molecule has 0 fully saturated rings. The van der Waals surface area contributed by atoms with Crippen molar-refractivity contribution in [2.45, 2.75) is 6.54 Å². The van der Waals surface area contributed by atoms with Crippen molar-refractivity contribution < 1.29 is 4.74 Å². The van der Waals surface area contributed by atoms with Crippen molar-refractivity contribution in [1.82, 2.24) is 0 Å². The zero-order valence-electron chi connectivity index (χ0n) is 11.0. The summed E-state index contributed by atoms with van der Waals surface area (Å²) in [4.78, 5) is 0. The first-order valence-corrected chi connectivity index (χ1v) is 6.21. The van der Waals surface area contributed by atoms with Crippen LogP contribution in [0.5, 0.6) is 5.75 Å². The van der Waals surface area contributed by atoms with Crippen molar-refractivity contribution in [3.8, 4) is 24.2 Å². The molecule has 0 unspecified atom stereocenters. The number of hydrogen-bond donors (Lipinski definition) is 1. The Kier molecular flexibility index (Phi) is 4.65. The lowest BCUT2D eigenvalue weighted by Crippen LogP contribution is -2.03. The molecule has 0 aliphatic carbocycles. The molecule has 0 heterocycles. The fourth-order valence-corrected chi connectivity index (χ4v) is 1.81. The SMILES string of the molecule is C#CCOc1ccccc1CNc1cccc(C#N)c1. The molecule has 0 saturated heterocycles. The van der Waals surface area contributed by atoms with E-state index in [2.05, 4.69) is 17.3 Å². The van der Waals surface area contributed by atoms with E-state index in [0.717, 1.165) is 17.0 Å². The normalized spacial score (nSPS) is 9.30. The number of anilines is 1. The van der Waals surface area contributed by atoms with Crippen LogP contribution >= 0.6 is 0 Å². The van der Waals surface area contributed by atoms with E-state index in [1.54, 1.807) is 6.07 Å². The Balaban J connectivity index is 2.07. The zero-order chi connectivity index (χ0) is 14.2. The maximum Gasteiger partial charge on any atom is 0.148 e. The van der Waals surface area contributed by atoms with Crippen LogP contribution in [-0.4, -0.2) is 6.61 Å². The van der Waals surface area contributed by atoms with Crippen LogP contribution in [0.1, 0.15) is 11.1 Å². The van der Waals surface area contributed by atoms with Gasteiger partial charge in [0.1, 0.15) is 12.4 Å². The Bertz CT molecular complexity index is 665. The van der Waals surface area contributed by atoms with E-state index >= 15 is 0 Å². The lowest BCUT2D eigenvalue weighted by atomic mass is 10.2. The summed E-state index contributed by atoms with van der Waals surface area (Å²) in [5, 5.41) is 12.1. The molecule has 0 aliphatic rings.